The van der Waals surface area contributed by atoms with Crippen LogP contribution in [-0.2, 0) is 6.42 Å². The molecule has 0 fully saturated rings. The van der Waals surface area contributed by atoms with Gasteiger partial charge >= 0.3 is 0 Å². The zero-order valence-corrected chi connectivity index (χ0v) is 9.53. The van der Waals surface area contributed by atoms with Crippen LogP contribution in [0.2, 0.25) is 5.02 Å². The molecule has 0 aliphatic rings. The van der Waals surface area contributed by atoms with Crippen molar-refractivity contribution in [2.75, 3.05) is 0 Å². The average Bonchev–Trinajstić information content (AvgIpc) is 2.66. The molecule has 2 heteroatoms. The molecule has 14 heavy (non-hydrogen) atoms. The standard InChI is InChI=1S/C12H11ClS/c1-9-10(4-2-6-12(9)13)8-11-5-3-7-14-11/h2-7H,8H2,1H3. The van der Waals surface area contributed by atoms with E-state index in [4.69, 9.17) is 11.6 Å². The summed E-state index contributed by atoms with van der Waals surface area (Å²) in [6.45, 7) is 2.07. The second-order valence-corrected chi connectivity index (χ2v) is 4.72. The number of benzene rings is 1. The van der Waals surface area contributed by atoms with Crippen molar-refractivity contribution >= 4 is 22.9 Å². The van der Waals surface area contributed by atoms with Gasteiger partial charge in [-0.25, -0.2) is 0 Å². The zero-order chi connectivity index (χ0) is 9.97. The summed E-state index contributed by atoms with van der Waals surface area (Å²) < 4.78 is 0. The molecule has 72 valence electrons. The van der Waals surface area contributed by atoms with Crippen LogP contribution in [0.15, 0.2) is 35.7 Å². The minimum Gasteiger partial charge on any atom is -0.149 e. The SMILES string of the molecule is Cc1c(Cl)cccc1Cc1cccs1. The maximum Gasteiger partial charge on any atom is 0.0438 e. The molecule has 0 atom stereocenters. The lowest BCUT2D eigenvalue weighted by Crippen LogP contribution is -1.89. The Bertz CT molecular complexity index is 418. The fraction of sp³-hybridized carbons (Fsp3) is 0.167. The van der Waals surface area contributed by atoms with Gasteiger partial charge in [0.2, 0.25) is 0 Å². The van der Waals surface area contributed by atoms with E-state index >= 15 is 0 Å². The van der Waals surface area contributed by atoms with Gasteiger partial charge in [0, 0.05) is 16.3 Å². The summed E-state index contributed by atoms with van der Waals surface area (Å²) in [5, 5.41) is 2.97. The molecule has 0 aliphatic heterocycles. The fourth-order valence-corrected chi connectivity index (χ4v) is 2.37. The van der Waals surface area contributed by atoms with Gasteiger partial charge in [-0.15, -0.1) is 11.3 Å². The summed E-state index contributed by atoms with van der Waals surface area (Å²) in [7, 11) is 0. The average molecular weight is 223 g/mol. The molecule has 0 N–H and O–H groups in total. The Morgan fingerprint density at radius 1 is 1.21 bits per heavy atom. The summed E-state index contributed by atoms with van der Waals surface area (Å²) >= 11 is 7.85. The van der Waals surface area contributed by atoms with Crippen LogP contribution in [-0.4, -0.2) is 0 Å². The Labute approximate surface area is 93.2 Å². The van der Waals surface area contributed by atoms with Crippen molar-refractivity contribution < 1.29 is 0 Å². The summed E-state index contributed by atoms with van der Waals surface area (Å²) in [6, 6.07) is 10.3. The Kier molecular flexibility index (Phi) is 2.90. The van der Waals surface area contributed by atoms with Crippen molar-refractivity contribution in [3.05, 3.63) is 56.7 Å². The van der Waals surface area contributed by atoms with Gasteiger partial charge in [0.15, 0.2) is 0 Å². The first-order valence-corrected chi connectivity index (χ1v) is 5.79. The van der Waals surface area contributed by atoms with Gasteiger partial charge in [0.25, 0.3) is 0 Å². The number of hydrogen-bond donors (Lipinski definition) is 0. The van der Waals surface area contributed by atoms with Crippen LogP contribution in [0.1, 0.15) is 16.0 Å². The molecule has 2 rings (SSSR count). The lowest BCUT2D eigenvalue weighted by Gasteiger charge is -2.05. The molecule has 2 aromatic rings. The molecule has 0 amide bonds. The molecule has 0 bridgehead atoms. The molecule has 0 saturated heterocycles. The highest BCUT2D eigenvalue weighted by molar-refractivity contribution is 7.09. The van der Waals surface area contributed by atoms with Gasteiger partial charge in [-0.2, -0.15) is 0 Å². The van der Waals surface area contributed by atoms with Gasteiger partial charge in [0.05, 0.1) is 0 Å². The molecule has 0 spiro atoms. The monoisotopic (exact) mass is 222 g/mol. The topological polar surface area (TPSA) is 0 Å². The van der Waals surface area contributed by atoms with E-state index in [2.05, 4.69) is 30.5 Å². The van der Waals surface area contributed by atoms with Crippen molar-refractivity contribution in [1.29, 1.82) is 0 Å². The van der Waals surface area contributed by atoms with Crippen molar-refractivity contribution in [2.24, 2.45) is 0 Å². The third-order valence-corrected chi connectivity index (χ3v) is 3.61. The van der Waals surface area contributed by atoms with Crippen molar-refractivity contribution in [2.45, 2.75) is 13.3 Å². The second-order valence-electron chi connectivity index (χ2n) is 3.28. The third-order valence-electron chi connectivity index (χ3n) is 2.32. The molecule has 0 aliphatic carbocycles. The largest absolute Gasteiger partial charge is 0.149 e. The number of halogens is 1. The van der Waals surface area contributed by atoms with Crippen LogP contribution < -0.4 is 0 Å². The number of hydrogen-bond acceptors (Lipinski definition) is 1. The zero-order valence-electron chi connectivity index (χ0n) is 7.96. The summed E-state index contributed by atoms with van der Waals surface area (Å²) in [5.41, 5.74) is 2.52. The molecular formula is C12H11ClS. The summed E-state index contributed by atoms with van der Waals surface area (Å²) in [6.07, 6.45) is 0.990. The Morgan fingerprint density at radius 3 is 2.79 bits per heavy atom. The minimum absolute atomic E-state index is 0.860. The normalized spacial score (nSPS) is 10.4. The van der Waals surface area contributed by atoms with E-state index in [1.807, 2.05) is 12.1 Å². The third kappa shape index (κ3) is 1.99. The predicted molar refractivity (Wildman–Crippen MR) is 63.3 cm³/mol. The maximum atomic E-state index is 6.06. The Hall–Kier alpha value is -0.790. The van der Waals surface area contributed by atoms with E-state index in [1.54, 1.807) is 11.3 Å². The highest BCUT2D eigenvalue weighted by Gasteiger charge is 2.03. The first-order valence-electron chi connectivity index (χ1n) is 4.54. The predicted octanol–water partition coefficient (Wildman–Crippen LogP) is 4.30. The lowest BCUT2D eigenvalue weighted by atomic mass is 10.1. The molecule has 0 nitrogen and oxygen atoms in total. The first-order chi connectivity index (χ1) is 6.77. The molecule has 1 aromatic carbocycles. The van der Waals surface area contributed by atoms with Crippen LogP contribution in [0.4, 0.5) is 0 Å². The Morgan fingerprint density at radius 2 is 2.07 bits per heavy atom. The van der Waals surface area contributed by atoms with Gasteiger partial charge < -0.3 is 0 Å². The van der Waals surface area contributed by atoms with Crippen LogP contribution >= 0.6 is 22.9 Å². The molecule has 1 heterocycles. The van der Waals surface area contributed by atoms with Crippen LogP contribution in [0.3, 0.4) is 0 Å². The van der Waals surface area contributed by atoms with E-state index < -0.39 is 0 Å². The summed E-state index contributed by atoms with van der Waals surface area (Å²) in [4.78, 5) is 1.38. The number of thiophene rings is 1. The second kappa shape index (κ2) is 4.16. The van der Waals surface area contributed by atoms with E-state index in [-0.39, 0.29) is 0 Å². The smallest absolute Gasteiger partial charge is 0.0438 e. The fourth-order valence-electron chi connectivity index (χ4n) is 1.44. The minimum atomic E-state index is 0.860. The van der Waals surface area contributed by atoms with Crippen LogP contribution in [0, 0.1) is 6.92 Å². The highest BCUT2D eigenvalue weighted by atomic mass is 35.5. The Balaban J connectivity index is 2.29. The number of rotatable bonds is 2. The van der Waals surface area contributed by atoms with E-state index in [0.29, 0.717) is 0 Å². The molecule has 0 saturated carbocycles. The van der Waals surface area contributed by atoms with Crippen molar-refractivity contribution in [3.63, 3.8) is 0 Å². The van der Waals surface area contributed by atoms with E-state index in [9.17, 15) is 0 Å². The summed E-state index contributed by atoms with van der Waals surface area (Å²) in [5.74, 6) is 0. The molecular weight excluding hydrogens is 212 g/mol. The van der Waals surface area contributed by atoms with Crippen molar-refractivity contribution in [3.8, 4) is 0 Å². The molecule has 0 radical (unpaired) electrons. The quantitative estimate of drug-likeness (QED) is 0.711. The molecule has 1 aromatic heterocycles. The van der Waals surface area contributed by atoms with Gasteiger partial charge in [0.1, 0.15) is 0 Å². The van der Waals surface area contributed by atoms with Crippen molar-refractivity contribution in [1.82, 2.24) is 0 Å². The van der Waals surface area contributed by atoms with E-state index in [0.717, 1.165) is 11.4 Å². The van der Waals surface area contributed by atoms with Crippen LogP contribution in [0.25, 0.3) is 0 Å². The lowest BCUT2D eigenvalue weighted by molar-refractivity contribution is 1.19. The van der Waals surface area contributed by atoms with Gasteiger partial charge in [-0.1, -0.05) is 29.8 Å². The van der Waals surface area contributed by atoms with E-state index in [1.165, 1.54) is 16.0 Å². The molecule has 0 unspecified atom stereocenters. The first kappa shape index (κ1) is 9.75. The van der Waals surface area contributed by atoms with Crippen LogP contribution in [0.5, 0.6) is 0 Å². The van der Waals surface area contributed by atoms with Gasteiger partial charge in [-0.05, 0) is 35.6 Å². The maximum absolute atomic E-state index is 6.06. The highest BCUT2D eigenvalue weighted by Crippen LogP contribution is 2.22. The van der Waals surface area contributed by atoms with Gasteiger partial charge in [-0.3, -0.25) is 0 Å².